The number of pyridine rings is 1. The Morgan fingerprint density at radius 2 is 2.53 bits per heavy atom. The van der Waals surface area contributed by atoms with Crippen LogP contribution in [-0.2, 0) is 4.79 Å². The second kappa shape index (κ2) is 6.09. The van der Waals surface area contributed by atoms with Gasteiger partial charge >= 0.3 is 5.97 Å². The van der Waals surface area contributed by atoms with Crippen molar-refractivity contribution in [1.82, 2.24) is 10.3 Å². The Hall–Kier alpha value is -0.590. The van der Waals surface area contributed by atoms with E-state index in [9.17, 15) is 4.79 Å². The van der Waals surface area contributed by atoms with E-state index < -0.39 is 12.0 Å². The van der Waals surface area contributed by atoms with Crippen molar-refractivity contribution >= 4 is 33.7 Å². The van der Waals surface area contributed by atoms with E-state index in [0.29, 0.717) is 5.75 Å². The SMILES string of the molecule is CNC(CSc1ncccc1Br)C(=O)O. The van der Waals surface area contributed by atoms with Crippen LogP contribution in [-0.4, -0.2) is 34.9 Å². The van der Waals surface area contributed by atoms with Crippen molar-refractivity contribution in [2.24, 2.45) is 0 Å². The summed E-state index contributed by atoms with van der Waals surface area (Å²) in [6, 6.07) is 3.15. The zero-order valence-corrected chi connectivity index (χ0v) is 10.5. The summed E-state index contributed by atoms with van der Waals surface area (Å²) in [6.07, 6.45) is 1.68. The molecule has 1 heterocycles. The van der Waals surface area contributed by atoms with Crippen molar-refractivity contribution in [3.63, 3.8) is 0 Å². The van der Waals surface area contributed by atoms with Gasteiger partial charge in [0.15, 0.2) is 0 Å². The number of likely N-dealkylation sites (N-methyl/N-ethyl adjacent to an activating group) is 1. The molecule has 1 aromatic heterocycles. The number of aliphatic carboxylic acids is 1. The van der Waals surface area contributed by atoms with Crippen molar-refractivity contribution in [3.8, 4) is 0 Å². The van der Waals surface area contributed by atoms with Crippen LogP contribution in [0.2, 0.25) is 0 Å². The highest BCUT2D eigenvalue weighted by Crippen LogP contribution is 2.24. The molecule has 0 radical (unpaired) electrons. The lowest BCUT2D eigenvalue weighted by Crippen LogP contribution is -2.35. The highest BCUT2D eigenvalue weighted by molar-refractivity contribution is 9.10. The molecule has 0 saturated heterocycles. The number of carbonyl (C=O) groups is 1. The molecule has 6 heteroatoms. The van der Waals surface area contributed by atoms with Gasteiger partial charge < -0.3 is 10.4 Å². The van der Waals surface area contributed by atoms with Crippen LogP contribution in [0.5, 0.6) is 0 Å². The Balaban J connectivity index is 2.56. The Labute approximate surface area is 101 Å². The van der Waals surface area contributed by atoms with E-state index in [2.05, 4.69) is 26.2 Å². The van der Waals surface area contributed by atoms with E-state index in [0.717, 1.165) is 9.50 Å². The maximum atomic E-state index is 10.7. The van der Waals surface area contributed by atoms with Gasteiger partial charge in [0, 0.05) is 16.4 Å². The maximum absolute atomic E-state index is 10.7. The largest absolute Gasteiger partial charge is 0.480 e. The highest BCUT2D eigenvalue weighted by Gasteiger charge is 2.15. The summed E-state index contributed by atoms with van der Waals surface area (Å²) in [6.45, 7) is 0. The third-order valence-corrected chi connectivity index (χ3v) is 3.76. The van der Waals surface area contributed by atoms with Gasteiger partial charge in [-0.3, -0.25) is 4.79 Å². The summed E-state index contributed by atoms with van der Waals surface area (Å²) in [5, 5.41) is 12.3. The van der Waals surface area contributed by atoms with Crippen LogP contribution < -0.4 is 5.32 Å². The fourth-order valence-corrected chi connectivity index (χ4v) is 2.49. The van der Waals surface area contributed by atoms with Crippen molar-refractivity contribution < 1.29 is 9.90 Å². The second-order valence-corrected chi connectivity index (χ2v) is 4.64. The predicted octanol–water partition coefficient (Wildman–Crippen LogP) is 1.61. The van der Waals surface area contributed by atoms with Gasteiger partial charge in [0.1, 0.15) is 11.1 Å². The number of carboxylic acids is 1. The summed E-state index contributed by atoms with van der Waals surface area (Å²) >= 11 is 4.76. The van der Waals surface area contributed by atoms with Crippen LogP contribution in [0, 0.1) is 0 Å². The molecule has 15 heavy (non-hydrogen) atoms. The average molecular weight is 291 g/mol. The summed E-state index contributed by atoms with van der Waals surface area (Å²) in [5.41, 5.74) is 0. The molecule has 2 N–H and O–H groups in total. The number of nitrogens with zero attached hydrogens (tertiary/aromatic N) is 1. The summed E-state index contributed by atoms with van der Waals surface area (Å²) in [4.78, 5) is 14.9. The first-order valence-electron chi connectivity index (χ1n) is 4.28. The molecule has 0 aliphatic carbocycles. The number of carboxylic acid groups (broad SMARTS) is 1. The lowest BCUT2D eigenvalue weighted by atomic mass is 10.3. The molecule has 0 bridgehead atoms. The number of halogens is 1. The third-order valence-electron chi connectivity index (χ3n) is 1.76. The number of hydrogen-bond donors (Lipinski definition) is 2. The van der Waals surface area contributed by atoms with Gasteiger partial charge in [0.05, 0.1) is 0 Å². The van der Waals surface area contributed by atoms with Crippen LogP contribution in [0.4, 0.5) is 0 Å². The Kier molecular flexibility index (Phi) is 5.07. The molecule has 0 aliphatic heterocycles. The van der Waals surface area contributed by atoms with E-state index >= 15 is 0 Å². The standard InChI is InChI=1S/C9H11BrN2O2S/c1-11-7(9(13)14)5-15-8-6(10)3-2-4-12-8/h2-4,7,11H,5H2,1H3,(H,13,14). The van der Waals surface area contributed by atoms with Crippen molar-refractivity contribution in [3.05, 3.63) is 22.8 Å². The molecule has 1 unspecified atom stereocenters. The lowest BCUT2D eigenvalue weighted by molar-refractivity contribution is -0.138. The van der Waals surface area contributed by atoms with Gasteiger partial charge in [-0.05, 0) is 35.1 Å². The minimum absolute atomic E-state index is 0.446. The lowest BCUT2D eigenvalue weighted by Gasteiger charge is -2.10. The first-order chi connectivity index (χ1) is 7.15. The smallest absolute Gasteiger partial charge is 0.321 e. The number of hydrogen-bond acceptors (Lipinski definition) is 4. The zero-order chi connectivity index (χ0) is 11.3. The van der Waals surface area contributed by atoms with E-state index in [1.807, 2.05) is 12.1 Å². The number of thioether (sulfide) groups is 1. The van der Waals surface area contributed by atoms with E-state index in [4.69, 9.17) is 5.11 Å². The first kappa shape index (κ1) is 12.5. The molecule has 0 saturated carbocycles. The second-order valence-electron chi connectivity index (χ2n) is 2.78. The molecule has 0 aromatic carbocycles. The third kappa shape index (κ3) is 3.81. The first-order valence-corrected chi connectivity index (χ1v) is 6.06. The number of rotatable bonds is 5. The molecule has 4 nitrogen and oxygen atoms in total. The monoisotopic (exact) mass is 290 g/mol. The highest BCUT2D eigenvalue weighted by atomic mass is 79.9. The van der Waals surface area contributed by atoms with Gasteiger partial charge in [-0.15, -0.1) is 11.8 Å². The number of aromatic nitrogens is 1. The molecular weight excluding hydrogens is 280 g/mol. The predicted molar refractivity (Wildman–Crippen MR) is 63.1 cm³/mol. The van der Waals surface area contributed by atoms with Crippen LogP contribution in [0.3, 0.4) is 0 Å². The Morgan fingerprint density at radius 3 is 3.07 bits per heavy atom. The molecular formula is C9H11BrN2O2S. The maximum Gasteiger partial charge on any atom is 0.321 e. The van der Waals surface area contributed by atoms with Crippen molar-refractivity contribution in [1.29, 1.82) is 0 Å². The van der Waals surface area contributed by atoms with E-state index in [-0.39, 0.29) is 0 Å². The minimum atomic E-state index is -0.850. The molecule has 0 fully saturated rings. The normalized spacial score (nSPS) is 12.4. The molecule has 82 valence electrons. The molecule has 0 amide bonds. The minimum Gasteiger partial charge on any atom is -0.480 e. The molecule has 0 spiro atoms. The Morgan fingerprint density at radius 1 is 1.80 bits per heavy atom. The number of nitrogens with one attached hydrogen (secondary N) is 1. The fourth-order valence-electron chi connectivity index (χ4n) is 0.918. The van der Waals surface area contributed by atoms with Crippen molar-refractivity contribution in [2.75, 3.05) is 12.8 Å². The van der Waals surface area contributed by atoms with Crippen LogP contribution in [0.1, 0.15) is 0 Å². The quantitative estimate of drug-likeness (QED) is 0.807. The molecule has 1 aromatic rings. The van der Waals surface area contributed by atoms with E-state index in [1.54, 1.807) is 13.2 Å². The average Bonchev–Trinajstić information content (AvgIpc) is 2.21. The molecule has 0 aliphatic rings. The zero-order valence-electron chi connectivity index (χ0n) is 8.11. The fraction of sp³-hybridized carbons (Fsp3) is 0.333. The van der Waals surface area contributed by atoms with Gasteiger partial charge in [-0.2, -0.15) is 0 Å². The summed E-state index contributed by atoms with van der Waals surface area (Å²) in [5.74, 6) is -0.404. The Bertz CT molecular complexity index is 349. The van der Waals surface area contributed by atoms with Crippen LogP contribution in [0.25, 0.3) is 0 Å². The van der Waals surface area contributed by atoms with Crippen LogP contribution in [0.15, 0.2) is 27.8 Å². The van der Waals surface area contributed by atoms with Crippen molar-refractivity contribution in [2.45, 2.75) is 11.1 Å². The van der Waals surface area contributed by atoms with Gasteiger partial charge in [-0.25, -0.2) is 4.98 Å². The van der Waals surface area contributed by atoms with Gasteiger partial charge in [-0.1, -0.05) is 0 Å². The molecule has 1 rings (SSSR count). The summed E-state index contributed by atoms with van der Waals surface area (Å²) in [7, 11) is 1.63. The van der Waals surface area contributed by atoms with E-state index in [1.165, 1.54) is 11.8 Å². The van der Waals surface area contributed by atoms with Gasteiger partial charge in [0.2, 0.25) is 0 Å². The molecule has 1 atom stereocenters. The van der Waals surface area contributed by atoms with Crippen LogP contribution >= 0.6 is 27.7 Å². The van der Waals surface area contributed by atoms with Gasteiger partial charge in [0.25, 0.3) is 0 Å². The summed E-state index contributed by atoms with van der Waals surface area (Å²) < 4.78 is 0.884. The topological polar surface area (TPSA) is 62.2 Å².